The Hall–Kier alpha value is -1.87. The molecule has 7 nitrogen and oxygen atoms in total. The van der Waals surface area contributed by atoms with Crippen molar-refractivity contribution in [2.24, 2.45) is 5.92 Å². The predicted octanol–water partition coefficient (Wildman–Crippen LogP) is 4.94. The van der Waals surface area contributed by atoms with Gasteiger partial charge in [-0.25, -0.2) is 9.78 Å². The molecule has 0 bridgehead atoms. The summed E-state index contributed by atoms with van der Waals surface area (Å²) in [5.74, 6) is 1.46. The first-order chi connectivity index (χ1) is 12.7. The topological polar surface area (TPSA) is 85.6 Å². The zero-order valence-electron chi connectivity index (χ0n) is 15.6. The first-order valence-electron chi connectivity index (χ1n) is 8.87. The summed E-state index contributed by atoms with van der Waals surface area (Å²) in [5, 5.41) is 10.9. The summed E-state index contributed by atoms with van der Waals surface area (Å²) in [6.07, 6.45) is 1.66. The molecule has 0 radical (unpaired) electrons. The summed E-state index contributed by atoms with van der Waals surface area (Å²) in [5.41, 5.74) is 0.279. The Morgan fingerprint density at radius 2 is 2.11 bits per heavy atom. The molecule has 0 spiro atoms. The van der Waals surface area contributed by atoms with E-state index >= 15 is 0 Å². The monoisotopic (exact) mass is 409 g/mol. The number of likely N-dealkylation sites (tertiary alicyclic amines) is 1. The third kappa shape index (κ3) is 5.32. The van der Waals surface area contributed by atoms with E-state index in [1.807, 2.05) is 20.8 Å². The number of ether oxygens (including phenoxy) is 1. The van der Waals surface area contributed by atoms with Crippen LogP contribution in [0.15, 0.2) is 22.5 Å². The first kappa shape index (κ1) is 19.9. The second-order valence-corrected chi connectivity index (χ2v) is 9.91. The predicted molar refractivity (Wildman–Crippen MR) is 108 cm³/mol. The van der Waals surface area contributed by atoms with Gasteiger partial charge in [-0.3, -0.25) is 10.1 Å². The molecule has 0 aliphatic carbocycles. The number of benzene rings is 1. The van der Waals surface area contributed by atoms with Gasteiger partial charge in [-0.05, 0) is 45.6 Å². The zero-order chi connectivity index (χ0) is 19.6. The van der Waals surface area contributed by atoms with Crippen LogP contribution >= 0.6 is 23.1 Å². The van der Waals surface area contributed by atoms with Crippen molar-refractivity contribution in [3.05, 3.63) is 28.3 Å². The summed E-state index contributed by atoms with van der Waals surface area (Å²) in [7, 11) is 0. The van der Waals surface area contributed by atoms with E-state index in [0.29, 0.717) is 24.5 Å². The van der Waals surface area contributed by atoms with Crippen molar-refractivity contribution >= 4 is 45.1 Å². The Balaban J connectivity index is 1.51. The molecule has 1 aliphatic heterocycles. The van der Waals surface area contributed by atoms with E-state index in [-0.39, 0.29) is 11.8 Å². The van der Waals surface area contributed by atoms with Crippen molar-refractivity contribution in [3.8, 4) is 0 Å². The highest BCUT2D eigenvalue weighted by molar-refractivity contribution is 8.01. The molecule has 9 heteroatoms. The summed E-state index contributed by atoms with van der Waals surface area (Å²) in [6, 6.07) is 4.80. The van der Waals surface area contributed by atoms with Crippen molar-refractivity contribution in [2.75, 3.05) is 18.8 Å². The summed E-state index contributed by atoms with van der Waals surface area (Å²) < 4.78 is 7.32. The number of hydrogen-bond donors (Lipinski definition) is 0. The second-order valence-electron chi connectivity index (χ2n) is 7.61. The Kier molecular flexibility index (Phi) is 5.90. The number of nitro groups is 1. The fraction of sp³-hybridized carbons (Fsp3) is 0.556. The molecule has 0 unspecified atom stereocenters. The van der Waals surface area contributed by atoms with Crippen LogP contribution in [0.3, 0.4) is 0 Å². The average Bonchev–Trinajstić information content (AvgIpc) is 3.01. The average molecular weight is 410 g/mol. The minimum absolute atomic E-state index is 0.0684. The van der Waals surface area contributed by atoms with Gasteiger partial charge in [0.15, 0.2) is 4.34 Å². The summed E-state index contributed by atoms with van der Waals surface area (Å²) >= 11 is 3.25. The molecular formula is C18H23N3O4S2. The van der Waals surface area contributed by atoms with E-state index in [4.69, 9.17) is 4.74 Å². The maximum atomic E-state index is 12.1. The molecule has 1 aromatic heterocycles. The molecule has 2 heterocycles. The van der Waals surface area contributed by atoms with Gasteiger partial charge in [-0.1, -0.05) is 11.8 Å². The Bertz CT molecular complexity index is 839. The minimum atomic E-state index is -0.467. The Morgan fingerprint density at radius 1 is 1.41 bits per heavy atom. The van der Waals surface area contributed by atoms with Gasteiger partial charge >= 0.3 is 6.09 Å². The fourth-order valence-electron chi connectivity index (χ4n) is 2.87. The number of thioether (sulfide) groups is 1. The summed E-state index contributed by atoms with van der Waals surface area (Å²) in [6.45, 7) is 7.06. The molecule has 27 heavy (non-hydrogen) atoms. The Labute approximate surface area is 166 Å². The smallest absolute Gasteiger partial charge is 0.410 e. The maximum absolute atomic E-state index is 12.1. The number of nitro benzene ring substituents is 1. The van der Waals surface area contributed by atoms with Crippen LogP contribution in [0.5, 0.6) is 0 Å². The number of aromatic nitrogens is 1. The second kappa shape index (κ2) is 8.02. The van der Waals surface area contributed by atoms with Crippen molar-refractivity contribution in [3.63, 3.8) is 0 Å². The van der Waals surface area contributed by atoms with Crippen molar-refractivity contribution in [2.45, 2.75) is 43.6 Å². The van der Waals surface area contributed by atoms with Gasteiger partial charge < -0.3 is 9.64 Å². The summed E-state index contributed by atoms with van der Waals surface area (Å²) in [4.78, 5) is 28.9. The molecule has 0 atom stereocenters. The molecule has 1 fully saturated rings. The number of amides is 1. The van der Waals surface area contributed by atoms with Gasteiger partial charge in [-0.2, -0.15) is 0 Å². The zero-order valence-corrected chi connectivity index (χ0v) is 17.3. The quantitative estimate of drug-likeness (QED) is 0.404. The van der Waals surface area contributed by atoms with Gasteiger partial charge in [-0.15, -0.1) is 11.3 Å². The minimum Gasteiger partial charge on any atom is -0.444 e. The maximum Gasteiger partial charge on any atom is 0.410 e. The van der Waals surface area contributed by atoms with Crippen LogP contribution in [0.4, 0.5) is 10.5 Å². The molecule has 1 aliphatic rings. The number of nitrogens with zero attached hydrogens (tertiary/aromatic N) is 3. The normalized spacial score (nSPS) is 15.9. The number of thiazole rings is 1. The number of hydrogen-bond acceptors (Lipinski definition) is 7. The van der Waals surface area contributed by atoms with Crippen LogP contribution in [0.1, 0.15) is 33.6 Å². The van der Waals surface area contributed by atoms with E-state index in [1.54, 1.807) is 34.1 Å². The van der Waals surface area contributed by atoms with Crippen LogP contribution in [0.25, 0.3) is 10.2 Å². The molecule has 1 aromatic carbocycles. The van der Waals surface area contributed by atoms with Crippen LogP contribution in [0, 0.1) is 16.0 Å². The molecule has 1 amide bonds. The van der Waals surface area contributed by atoms with Gasteiger partial charge in [0.25, 0.3) is 5.69 Å². The SMILES string of the molecule is CC(C)(C)OC(=O)N1CCC(CSc2nc3cc([N+](=O)[O-])ccc3s2)CC1. The van der Waals surface area contributed by atoms with E-state index in [0.717, 1.165) is 27.6 Å². The lowest BCUT2D eigenvalue weighted by Gasteiger charge is -2.33. The number of carbonyl (C=O) groups excluding carboxylic acids is 1. The number of rotatable bonds is 4. The first-order valence-corrected chi connectivity index (χ1v) is 10.7. The third-order valence-corrected chi connectivity index (χ3v) is 6.68. The van der Waals surface area contributed by atoms with Crippen LogP contribution in [-0.4, -0.2) is 45.3 Å². The van der Waals surface area contributed by atoms with Crippen molar-refractivity contribution in [1.29, 1.82) is 0 Å². The standard InChI is InChI=1S/C18H23N3O4S2/c1-18(2,3)25-17(22)20-8-6-12(7-9-20)11-26-16-19-14-10-13(21(23)24)4-5-15(14)27-16/h4-5,10,12H,6-9,11H2,1-3H3. The molecule has 146 valence electrons. The van der Waals surface area contributed by atoms with Crippen LogP contribution < -0.4 is 0 Å². The highest BCUT2D eigenvalue weighted by atomic mass is 32.2. The molecule has 2 aromatic rings. The van der Waals surface area contributed by atoms with Gasteiger partial charge in [0.05, 0.1) is 15.1 Å². The third-order valence-electron chi connectivity index (χ3n) is 4.27. The Morgan fingerprint density at radius 3 is 2.74 bits per heavy atom. The highest BCUT2D eigenvalue weighted by Crippen LogP contribution is 2.34. The lowest BCUT2D eigenvalue weighted by Crippen LogP contribution is -2.42. The largest absolute Gasteiger partial charge is 0.444 e. The number of fused-ring (bicyclic) bond motifs is 1. The van der Waals surface area contributed by atoms with Crippen molar-refractivity contribution in [1.82, 2.24) is 9.88 Å². The number of carbonyl (C=O) groups is 1. The van der Waals surface area contributed by atoms with E-state index < -0.39 is 10.5 Å². The highest BCUT2D eigenvalue weighted by Gasteiger charge is 2.27. The van der Waals surface area contributed by atoms with Gasteiger partial charge in [0.2, 0.25) is 0 Å². The lowest BCUT2D eigenvalue weighted by atomic mass is 9.99. The van der Waals surface area contributed by atoms with Gasteiger partial charge in [0, 0.05) is 31.0 Å². The fourth-order valence-corrected chi connectivity index (χ4v) is 5.13. The van der Waals surface area contributed by atoms with Crippen LogP contribution in [0.2, 0.25) is 0 Å². The molecule has 0 saturated carbocycles. The molecule has 0 N–H and O–H groups in total. The van der Waals surface area contributed by atoms with E-state index in [2.05, 4.69) is 4.98 Å². The molecule has 3 rings (SSSR count). The molecule has 1 saturated heterocycles. The number of piperidine rings is 1. The van der Waals surface area contributed by atoms with Crippen LogP contribution in [-0.2, 0) is 4.74 Å². The lowest BCUT2D eigenvalue weighted by molar-refractivity contribution is -0.384. The van der Waals surface area contributed by atoms with Gasteiger partial charge in [0.1, 0.15) is 5.60 Å². The van der Waals surface area contributed by atoms with Crippen molar-refractivity contribution < 1.29 is 14.5 Å². The van der Waals surface area contributed by atoms with E-state index in [1.165, 1.54) is 12.1 Å². The van der Waals surface area contributed by atoms with E-state index in [9.17, 15) is 14.9 Å². The number of non-ortho nitro benzene ring substituents is 1. The molecular weight excluding hydrogens is 386 g/mol.